The molecule has 18 heavy (non-hydrogen) atoms. The van der Waals surface area contributed by atoms with Crippen LogP contribution in [0, 0.1) is 0 Å². The van der Waals surface area contributed by atoms with Crippen molar-refractivity contribution in [1.82, 2.24) is 15.5 Å². The lowest BCUT2D eigenvalue weighted by atomic mass is 10.2. The van der Waals surface area contributed by atoms with Crippen molar-refractivity contribution >= 4 is 34.5 Å². The monoisotopic (exact) mass is 299 g/mol. The van der Waals surface area contributed by atoms with Gasteiger partial charge in [0.25, 0.3) is 0 Å². The van der Waals surface area contributed by atoms with Crippen LogP contribution >= 0.6 is 34.5 Å². The zero-order valence-electron chi connectivity index (χ0n) is 9.49. The number of benzene rings is 1. The van der Waals surface area contributed by atoms with Crippen molar-refractivity contribution in [2.75, 3.05) is 0 Å². The summed E-state index contributed by atoms with van der Waals surface area (Å²) in [5.74, 6) is 0. The standard InChI is InChI=1S/C12H11Cl2N3S/c13-7-1-4-9(10(14)5-7)12-17-16-11(18-12)6-15-8-2-3-8/h1,4-5,8,15H,2-3,6H2. The number of halogens is 2. The molecule has 0 atom stereocenters. The summed E-state index contributed by atoms with van der Waals surface area (Å²) in [6, 6.07) is 6.09. The van der Waals surface area contributed by atoms with E-state index < -0.39 is 0 Å². The highest BCUT2D eigenvalue weighted by Gasteiger charge is 2.21. The van der Waals surface area contributed by atoms with Crippen LogP contribution in [0.25, 0.3) is 10.6 Å². The summed E-state index contributed by atoms with van der Waals surface area (Å²) in [6.07, 6.45) is 2.54. The summed E-state index contributed by atoms with van der Waals surface area (Å²) in [5.41, 5.74) is 0.885. The Labute approximate surface area is 119 Å². The van der Waals surface area contributed by atoms with Gasteiger partial charge in [-0.3, -0.25) is 0 Å². The van der Waals surface area contributed by atoms with Crippen LogP contribution in [0.2, 0.25) is 10.0 Å². The minimum Gasteiger partial charge on any atom is -0.308 e. The number of nitrogens with one attached hydrogen (secondary N) is 1. The van der Waals surface area contributed by atoms with Crippen molar-refractivity contribution in [3.05, 3.63) is 33.3 Å². The highest BCUT2D eigenvalue weighted by atomic mass is 35.5. The number of nitrogens with zero attached hydrogens (tertiary/aromatic N) is 2. The number of hydrogen-bond acceptors (Lipinski definition) is 4. The van der Waals surface area contributed by atoms with Gasteiger partial charge in [0.2, 0.25) is 0 Å². The Bertz CT molecular complexity index is 566. The van der Waals surface area contributed by atoms with Crippen LogP contribution in [-0.2, 0) is 6.54 Å². The van der Waals surface area contributed by atoms with Gasteiger partial charge in [-0.2, -0.15) is 0 Å². The highest BCUT2D eigenvalue weighted by Crippen LogP contribution is 2.32. The maximum Gasteiger partial charge on any atom is 0.149 e. The van der Waals surface area contributed by atoms with Crippen LogP contribution in [0.4, 0.5) is 0 Å². The SMILES string of the molecule is Clc1ccc(-c2nnc(CNC3CC3)s2)c(Cl)c1. The quantitative estimate of drug-likeness (QED) is 0.934. The molecule has 1 aliphatic rings. The van der Waals surface area contributed by atoms with Gasteiger partial charge in [-0.05, 0) is 31.0 Å². The Morgan fingerprint density at radius 1 is 1.28 bits per heavy atom. The molecule has 1 aliphatic carbocycles. The summed E-state index contributed by atoms with van der Waals surface area (Å²) >= 11 is 13.6. The van der Waals surface area contributed by atoms with Gasteiger partial charge in [0.1, 0.15) is 10.0 Å². The average Bonchev–Trinajstić information content (AvgIpc) is 3.05. The molecule has 1 heterocycles. The number of hydrogen-bond donors (Lipinski definition) is 1. The predicted molar refractivity (Wildman–Crippen MR) is 75.2 cm³/mol. The van der Waals surface area contributed by atoms with Gasteiger partial charge in [-0.1, -0.05) is 34.5 Å². The van der Waals surface area contributed by atoms with E-state index in [4.69, 9.17) is 23.2 Å². The summed E-state index contributed by atoms with van der Waals surface area (Å²) in [6.45, 7) is 0.785. The first kappa shape index (κ1) is 12.4. The summed E-state index contributed by atoms with van der Waals surface area (Å²) in [5, 5.41) is 14.8. The molecule has 94 valence electrons. The molecule has 0 unspecified atom stereocenters. The van der Waals surface area contributed by atoms with Crippen molar-refractivity contribution in [3.63, 3.8) is 0 Å². The van der Waals surface area contributed by atoms with Gasteiger partial charge in [-0.25, -0.2) is 0 Å². The summed E-state index contributed by atoms with van der Waals surface area (Å²) in [4.78, 5) is 0. The molecule has 0 aliphatic heterocycles. The van der Waals surface area contributed by atoms with Crippen molar-refractivity contribution < 1.29 is 0 Å². The third-order valence-electron chi connectivity index (χ3n) is 2.75. The largest absolute Gasteiger partial charge is 0.308 e. The van der Waals surface area contributed by atoms with E-state index in [2.05, 4.69) is 15.5 Å². The molecule has 3 nitrogen and oxygen atoms in total. The van der Waals surface area contributed by atoms with Gasteiger partial charge in [0.15, 0.2) is 0 Å². The highest BCUT2D eigenvalue weighted by molar-refractivity contribution is 7.14. The van der Waals surface area contributed by atoms with Crippen molar-refractivity contribution in [2.24, 2.45) is 0 Å². The van der Waals surface area contributed by atoms with Crippen LogP contribution in [0.15, 0.2) is 18.2 Å². The third kappa shape index (κ3) is 2.83. The van der Waals surface area contributed by atoms with Crippen molar-refractivity contribution in [2.45, 2.75) is 25.4 Å². The van der Waals surface area contributed by atoms with E-state index in [9.17, 15) is 0 Å². The lowest BCUT2D eigenvalue weighted by Gasteiger charge is -1.99. The minimum atomic E-state index is 0.611. The Morgan fingerprint density at radius 2 is 2.11 bits per heavy atom. The van der Waals surface area contributed by atoms with Gasteiger partial charge >= 0.3 is 0 Å². The molecule has 1 saturated carbocycles. The molecule has 0 bridgehead atoms. The molecule has 1 fully saturated rings. The number of rotatable bonds is 4. The van der Waals surface area contributed by atoms with Crippen molar-refractivity contribution in [1.29, 1.82) is 0 Å². The Morgan fingerprint density at radius 3 is 2.83 bits per heavy atom. The van der Waals surface area contributed by atoms with Crippen LogP contribution in [0.5, 0.6) is 0 Å². The van der Waals surface area contributed by atoms with E-state index in [1.807, 2.05) is 12.1 Å². The second-order valence-corrected chi connectivity index (χ2v) is 6.19. The summed E-state index contributed by atoms with van der Waals surface area (Å²) in [7, 11) is 0. The lowest BCUT2D eigenvalue weighted by molar-refractivity contribution is 0.679. The van der Waals surface area contributed by atoms with Gasteiger partial charge in [0, 0.05) is 23.2 Å². The second kappa shape index (κ2) is 5.13. The fraction of sp³-hybridized carbons (Fsp3) is 0.333. The van der Waals surface area contributed by atoms with Crippen LogP contribution in [0.1, 0.15) is 17.8 Å². The molecule has 0 radical (unpaired) electrons. The van der Waals surface area contributed by atoms with Gasteiger partial charge < -0.3 is 5.32 Å². The maximum atomic E-state index is 6.15. The Hall–Kier alpha value is -0.680. The lowest BCUT2D eigenvalue weighted by Crippen LogP contribution is -2.14. The van der Waals surface area contributed by atoms with E-state index in [-0.39, 0.29) is 0 Å². The van der Waals surface area contributed by atoms with E-state index in [0.29, 0.717) is 16.1 Å². The zero-order chi connectivity index (χ0) is 12.5. The fourth-order valence-electron chi connectivity index (χ4n) is 1.62. The fourth-order valence-corrected chi connectivity index (χ4v) is 3.00. The molecule has 0 saturated heterocycles. The molecule has 6 heteroatoms. The molecule has 1 aromatic heterocycles. The number of aromatic nitrogens is 2. The van der Waals surface area contributed by atoms with Crippen LogP contribution in [0.3, 0.4) is 0 Å². The van der Waals surface area contributed by atoms with Crippen molar-refractivity contribution in [3.8, 4) is 10.6 Å². The molecule has 2 aromatic rings. The molecule has 3 rings (SSSR count). The first-order chi connectivity index (χ1) is 8.72. The molecule has 1 N–H and O–H groups in total. The minimum absolute atomic E-state index is 0.611. The first-order valence-electron chi connectivity index (χ1n) is 5.73. The molecule has 1 aromatic carbocycles. The molecular weight excluding hydrogens is 289 g/mol. The smallest absolute Gasteiger partial charge is 0.149 e. The van der Waals surface area contributed by atoms with E-state index in [1.54, 1.807) is 17.4 Å². The van der Waals surface area contributed by atoms with Gasteiger partial charge in [0.05, 0.1) is 5.02 Å². The first-order valence-corrected chi connectivity index (χ1v) is 7.31. The van der Waals surface area contributed by atoms with Gasteiger partial charge in [-0.15, -0.1) is 10.2 Å². The molecular formula is C12H11Cl2N3S. The van der Waals surface area contributed by atoms with E-state index in [1.165, 1.54) is 12.8 Å². The third-order valence-corrected chi connectivity index (χ3v) is 4.25. The van der Waals surface area contributed by atoms with Crippen LogP contribution in [-0.4, -0.2) is 16.2 Å². The Kier molecular flexibility index (Phi) is 3.52. The maximum absolute atomic E-state index is 6.15. The second-order valence-electron chi connectivity index (χ2n) is 4.28. The molecule has 0 spiro atoms. The topological polar surface area (TPSA) is 37.8 Å². The van der Waals surface area contributed by atoms with E-state index >= 15 is 0 Å². The average molecular weight is 300 g/mol. The van der Waals surface area contributed by atoms with Crippen LogP contribution < -0.4 is 5.32 Å². The summed E-state index contributed by atoms with van der Waals surface area (Å²) < 4.78 is 0. The normalized spacial score (nSPS) is 15.0. The molecule has 0 amide bonds. The van der Waals surface area contributed by atoms with E-state index in [0.717, 1.165) is 22.1 Å². The zero-order valence-corrected chi connectivity index (χ0v) is 11.8. The Balaban J connectivity index is 1.78. The predicted octanol–water partition coefficient (Wildman–Crippen LogP) is 3.76.